The fraction of sp³-hybridized carbons (Fsp3) is 0.273. The molecule has 4 rings (SSSR count). The van der Waals surface area contributed by atoms with Crippen LogP contribution in [0.5, 0.6) is 0 Å². The predicted molar refractivity (Wildman–Crippen MR) is 120 cm³/mol. The molecule has 1 aliphatic heterocycles. The number of aromatic amines is 1. The first-order valence-electron chi connectivity index (χ1n) is 10.0. The Morgan fingerprint density at radius 2 is 1.81 bits per heavy atom. The first-order chi connectivity index (χ1) is 15.0. The van der Waals surface area contributed by atoms with Crippen molar-refractivity contribution < 1.29 is 14.3 Å². The van der Waals surface area contributed by atoms with Gasteiger partial charge >= 0.3 is 0 Å². The molecule has 1 aromatic heterocycles. The molecule has 3 N–H and O–H groups in total. The molecule has 1 fully saturated rings. The summed E-state index contributed by atoms with van der Waals surface area (Å²) in [5, 5.41) is 12.7. The molecule has 0 spiro atoms. The third-order valence-corrected chi connectivity index (χ3v) is 5.34. The molecule has 3 aromatic rings. The zero-order valence-electron chi connectivity index (χ0n) is 17.1. The van der Waals surface area contributed by atoms with Crippen molar-refractivity contribution in [3.63, 3.8) is 0 Å². The highest BCUT2D eigenvalue weighted by atomic mass is 32.1. The van der Waals surface area contributed by atoms with Crippen LogP contribution in [0.3, 0.4) is 0 Å². The molecule has 160 valence electrons. The Bertz CT molecular complexity index is 1130. The summed E-state index contributed by atoms with van der Waals surface area (Å²) >= 11 is 5.30. The molecule has 1 unspecified atom stereocenters. The molecule has 8 nitrogen and oxygen atoms in total. The monoisotopic (exact) mass is 437 g/mol. The van der Waals surface area contributed by atoms with E-state index in [0.717, 1.165) is 24.0 Å². The Balaban J connectivity index is 1.39. The van der Waals surface area contributed by atoms with Gasteiger partial charge in [-0.2, -0.15) is 5.10 Å². The fourth-order valence-corrected chi connectivity index (χ4v) is 3.57. The molecule has 2 heterocycles. The average molecular weight is 438 g/mol. The van der Waals surface area contributed by atoms with Crippen molar-refractivity contribution in [2.24, 2.45) is 0 Å². The van der Waals surface area contributed by atoms with E-state index in [2.05, 4.69) is 20.8 Å². The van der Waals surface area contributed by atoms with E-state index in [1.807, 2.05) is 31.2 Å². The van der Waals surface area contributed by atoms with Gasteiger partial charge in [0.15, 0.2) is 10.6 Å². The number of hydrogen-bond acceptors (Lipinski definition) is 5. The lowest BCUT2D eigenvalue weighted by molar-refractivity contribution is -0.124. The number of amides is 2. The highest BCUT2D eigenvalue weighted by molar-refractivity contribution is 7.71. The minimum absolute atomic E-state index is 0.0239. The molecular weight excluding hydrogens is 414 g/mol. The quantitative estimate of drug-likeness (QED) is 0.511. The van der Waals surface area contributed by atoms with E-state index in [1.165, 1.54) is 0 Å². The smallest absolute Gasteiger partial charge is 0.253 e. The Labute approximate surface area is 184 Å². The number of anilines is 2. The summed E-state index contributed by atoms with van der Waals surface area (Å²) < 4.78 is 7.41. The molecule has 0 bridgehead atoms. The molecule has 2 aromatic carbocycles. The van der Waals surface area contributed by atoms with Gasteiger partial charge in [-0.15, -0.1) is 0 Å². The normalized spacial score (nSPS) is 15.6. The van der Waals surface area contributed by atoms with E-state index >= 15 is 0 Å². The van der Waals surface area contributed by atoms with E-state index in [9.17, 15) is 9.59 Å². The van der Waals surface area contributed by atoms with Crippen LogP contribution in [-0.2, 0) is 20.9 Å². The van der Waals surface area contributed by atoms with Crippen LogP contribution in [0.1, 0.15) is 18.4 Å². The number of carbonyl (C=O) groups excluding carboxylic acids is 2. The maximum atomic E-state index is 12.6. The lowest BCUT2D eigenvalue weighted by atomic mass is 10.1. The first kappa shape index (κ1) is 21.0. The van der Waals surface area contributed by atoms with Gasteiger partial charge < -0.3 is 15.4 Å². The predicted octanol–water partition coefficient (Wildman–Crippen LogP) is 3.67. The second-order valence-corrected chi connectivity index (χ2v) is 7.81. The van der Waals surface area contributed by atoms with Gasteiger partial charge in [-0.05, 0) is 56.2 Å². The Morgan fingerprint density at radius 1 is 1.13 bits per heavy atom. The van der Waals surface area contributed by atoms with E-state index in [-0.39, 0.29) is 24.5 Å². The summed E-state index contributed by atoms with van der Waals surface area (Å²) in [7, 11) is 0. The second kappa shape index (κ2) is 9.23. The van der Waals surface area contributed by atoms with Crippen molar-refractivity contribution in [3.05, 3.63) is 58.9 Å². The highest BCUT2D eigenvalue weighted by Gasteiger charge is 2.23. The summed E-state index contributed by atoms with van der Waals surface area (Å²) in [5.41, 5.74) is 3.28. The van der Waals surface area contributed by atoms with Crippen LogP contribution in [0.2, 0.25) is 0 Å². The molecule has 1 saturated heterocycles. The summed E-state index contributed by atoms with van der Waals surface area (Å²) in [6, 6.07) is 14.8. The standard InChI is InChI=1S/C22H23N5O3S/c1-14-4-6-15(7-5-14)20-25-26-22(31)27(20)13-19(28)23-16-8-10-17(11-9-16)24-21(29)18-3-2-12-30-18/h4-11,18H,2-3,12-13H2,1H3,(H,23,28)(H,24,29)(H,26,31). The number of nitrogens with zero attached hydrogens (tertiary/aromatic N) is 2. The van der Waals surface area contributed by atoms with Crippen molar-refractivity contribution in [3.8, 4) is 11.4 Å². The fourth-order valence-electron chi connectivity index (χ4n) is 3.38. The zero-order valence-corrected chi connectivity index (χ0v) is 17.9. The number of H-pyrrole nitrogens is 1. The van der Waals surface area contributed by atoms with Gasteiger partial charge in [0.25, 0.3) is 5.91 Å². The van der Waals surface area contributed by atoms with Gasteiger partial charge in [-0.3, -0.25) is 19.3 Å². The highest BCUT2D eigenvalue weighted by Crippen LogP contribution is 2.19. The lowest BCUT2D eigenvalue weighted by Gasteiger charge is -2.11. The number of rotatable bonds is 6. The van der Waals surface area contributed by atoms with Crippen LogP contribution in [0, 0.1) is 11.7 Å². The second-order valence-electron chi connectivity index (χ2n) is 7.42. The first-order valence-corrected chi connectivity index (χ1v) is 10.4. The number of aromatic nitrogens is 3. The molecule has 1 atom stereocenters. The molecule has 0 aliphatic carbocycles. The van der Waals surface area contributed by atoms with E-state index in [4.69, 9.17) is 17.0 Å². The third kappa shape index (κ3) is 5.07. The lowest BCUT2D eigenvalue weighted by Crippen LogP contribution is -2.26. The maximum Gasteiger partial charge on any atom is 0.253 e. The number of hydrogen-bond donors (Lipinski definition) is 3. The summed E-state index contributed by atoms with van der Waals surface area (Å²) in [6.07, 6.45) is 1.25. The van der Waals surface area contributed by atoms with E-state index in [0.29, 0.717) is 28.6 Å². The molecule has 0 radical (unpaired) electrons. The van der Waals surface area contributed by atoms with Crippen LogP contribution in [0.25, 0.3) is 11.4 Å². The van der Waals surface area contributed by atoms with E-state index in [1.54, 1.807) is 28.8 Å². The average Bonchev–Trinajstić information content (AvgIpc) is 3.41. The van der Waals surface area contributed by atoms with E-state index < -0.39 is 0 Å². The maximum absolute atomic E-state index is 12.6. The van der Waals surface area contributed by atoms with Gasteiger partial charge in [0.2, 0.25) is 5.91 Å². The van der Waals surface area contributed by atoms with Crippen molar-refractivity contribution in [1.29, 1.82) is 0 Å². The molecule has 2 amide bonds. The zero-order chi connectivity index (χ0) is 21.8. The largest absolute Gasteiger partial charge is 0.368 e. The third-order valence-electron chi connectivity index (χ3n) is 5.03. The molecule has 1 aliphatic rings. The summed E-state index contributed by atoms with van der Waals surface area (Å²) in [5.74, 6) is 0.224. The number of nitrogens with one attached hydrogen (secondary N) is 3. The van der Waals surface area contributed by atoms with Crippen molar-refractivity contribution >= 4 is 35.4 Å². The minimum Gasteiger partial charge on any atom is -0.368 e. The van der Waals surface area contributed by atoms with Gasteiger partial charge in [-0.25, -0.2) is 0 Å². The summed E-state index contributed by atoms with van der Waals surface area (Å²) in [4.78, 5) is 24.7. The Kier molecular flexibility index (Phi) is 6.24. The molecule has 9 heteroatoms. The molecule has 31 heavy (non-hydrogen) atoms. The minimum atomic E-state index is -0.387. The Hall–Kier alpha value is -3.30. The van der Waals surface area contributed by atoms with Crippen molar-refractivity contribution in [2.75, 3.05) is 17.2 Å². The van der Waals surface area contributed by atoms with Crippen LogP contribution >= 0.6 is 12.2 Å². The topological polar surface area (TPSA) is 101 Å². The SMILES string of the molecule is Cc1ccc(-c2n[nH]c(=S)n2CC(=O)Nc2ccc(NC(=O)C3CCCO3)cc2)cc1. The van der Waals surface area contributed by atoms with Crippen LogP contribution < -0.4 is 10.6 Å². The molecular formula is C22H23N5O3S. The van der Waals surface area contributed by atoms with Gasteiger partial charge in [0.1, 0.15) is 12.6 Å². The number of benzene rings is 2. The van der Waals surface area contributed by atoms with Crippen LogP contribution in [-0.4, -0.2) is 39.3 Å². The Morgan fingerprint density at radius 3 is 2.45 bits per heavy atom. The van der Waals surface area contributed by atoms with Crippen molar-refractivity contribution in [1.82, 2.24) is 14.8 Å². The van der Waals surface area contributed by atoms with Crippen LogP contribution in [0.15, 0.2) is 48.5 Å². The molecule has 0 saturated carbocycles. The van der Waals surface area contributed by atoms with Crippen LogP contribution in [0.4, 0.5) is 11.4 Å². The number of ether oxygens (including phenoxy) is 1. The van der Waals surface area contributed by atoms with Gasteiger partial charge in [0.05, 0.1) is 0 Å². The number of aryl methyl sites for hydroxylation is 1. The summed E-state index contributed by atoms with van der Waals surface area (Å²) in [6.45, 7) is 2.65. The van der Waals surface area contributed by atoms with Gasteiger partial charge in [0, 0.05) is 23.5 Å². The number of carbonyl (C=O) groups is 2. The van der Waals surface area contributed by atoms with Crippen molar-refractivity contribution in [2.45, 2.75) is 32.4 Å². The van der Waals surface area contributed by atoms with Gasteiger partial charge in [-0.1, -0.05) is 29.8 Å².